The first-order valence-electron chi connectivity index (χ1n) is 7.26. The molecule has 0 radical (unpaired) electrons. The minimum Gasteiger partial charge on any atom is -0.493 e. The van der Waals surface area contributed by atoms with E-state index in [0.29, 0.717) is 22.8 Å². The average molecular weight is 314 g/mol. The van der Waals surface area contributed by atoms with Crippen LogP contribution in [0.4, 0.5) is 0 Å². The highest BCUT2D eigenvalue weighted by Gasteiger charge is 2.11. The maximum Gasteiger partial charge on any atom is 0.176 e. The van der Waals surface area contributed by atoms with Crippen molar-refractivity contribution in [1.29, 1.82) is 0 Å². The van der Waals surface area contributed by atoms with E-state index in [1.165, 1.54) is 0 Å². The monoisotopic (exact) mass is 314 g/mol. The van der Waals surface area contributed by atoms with Gasteiger partial charge in [-0.25, -0.2) is 0 Å². The van der Waals surface area contributed by atoms with E-state index in [0.717, 1.165) is 16.5 Å². The largest absolute Gasteiger partial charge is 0.493 e. The molecule has 0 saturated carbocycles. The Kier molecular flexibility index (Phi) is 4.50. The van der Waals surface area contributed by atoms with Crippen molar-refractivity contribution < 1.29 is 24.1 Å². The van der Waals surface area contributed by atoms with Gasteiger partial charge in [-0.15, -0.1) is 0 Å². The molecule has 3 aromatic rings. The molecule has 5 nitrogen and oxygen atoms in total. The van der Waals surface area contributed by atoms with Crippen molar-refractivity contribution >= 4 is 11.0 Å². The molecule has 1 heterocycles. The first-order chi connectivity index (χ1) is 11.2. The Labute approximate surface area is 133 Å². The summed E-state index contributed by atoms with van der Waals surface area (Å²) in [6, 6.07) is 12.7. The van der Waals surface area contributed by atoms with Gasteiger partial charge in [-0.3, -0.25) is 0 Å². The smallest absolute Gasteiger partial charge is 0.176 e. The van der Waals surface area contributed by atoms with E-state index in [4.69, 9.17) is 19.0 Å². The number of benzene rings is 2. The van der Waals surface area contributed by atoms with Gasteiger partial charge in [-0.05, 0) is 41.5 Å². The number of methoxy groups -OCH3 is 1. The highest BCUT2D eigenvalue weighted by molar-refractivity contribution is 5.84. The molecule has 0 fully saturated rings. The SMILES string of the molecule is COc1cc(CO)cc2cc(COc3ccc(CO)cc3)oc12. The second kappa shape index (κ2) is 6.73. The van der Waals surface area contributed by atoms with Crippen LogP contribution >= 0.6 is 0 Å². The third kappa shape index (κ3) is 3.31. The molecule has 3 rings (SSSR count). The highest BCUT2D eigenvalue weighted by atomic mass is 16.5. The van der Waals surface area contributed by atoms with Crippen LogP contribution < -0.4 is 9.47 Å². The summed E-state index contributed by atoms with van der Waals surface area (Å²) >= 11 is 0. The zero-order valence-corrected chi connectivity index (χ0v) is 12.8. The van der Waals surface area contributed by atoms with Gasteiger partial charge in [-0.1, -0.05) is 12.1 Å². The molecule has 5 heteroatoms. The minimum absolute atomic E-state index is 0.0108. The Morgan fingerprint density at radius 2 is 1.70 bits per heavy atom. The molecule has 0 unspecified atom stereocenters. The lowest BCUT2D eigenvalue weighted by Gasteiger charge is -2.05. The van der Waals surface area contributed by atoms with Crippen molar-refractivity contribution in [3.8, 4) is 11.5 Å². The molecular weight excluding hydrogens is 296 g/mol. The summed E-state index contributed by atoms with van der Waals surface area (Å²) in [6.45, 7) is 0.238. The summed E-state index contributed by atoms with van der Waals surface area (Å²) in [5, 5.41) is 19.2. The number of ether oxygens (including phenoxy) is 2. The Morgan fingerprint density at radius 1 is 0.957 bits per heavy atom. The minimum atomic E-state index is -0.0550. The molecule has 1 aromatic heterocycles. The summed E-state index contributed by atoms with van der Waals surface area (Å²) in [6.07, 6.45) is 0. The Bertz CT molecular complexity index is 789. The van der Waals surface area contributed by atoms with Crippen LogP contribution in [-0.4, -0.2) is 17.3 Å². The number of fused-ring (bicyclic) bond motifs is 1. The van der Waals surface area contributed by atoms with Crippen molar-refractivity contribution in [2.45, 2.75) is 19.8 Å². The van der Waals surface area contributed by atoms with Gasteiger partial charge in [0.25, 0.3) is 0 Å². The molecule has 0 bridgehead atoms. The molecule has 120 valence electrons. The highest BCUT2D eigenvalue weighted by Crippen LogP contribution is 2.31. The molecule has 0 atom stereocenters. The second-order valence-corrected chi connectivity index (χ2v) is 5.18. The number of aliphatic hydroxyl groups excluding tert-OH is 2. The van der Waals surface area contributed by atoms with Gasteiger partial charge < -0.3 is 24.1 Å². The normalized spacial score (nSPS) is 10.9. The molecule has 0 spiro atoms. The number of aliphatic hydroxyl groups is 2. The van der Waals surface area contributed by atoms with Crippen LogP contribution in [-0.2, 0) is 19.8 Å². The molecular formula is C18H18O5. The van der Waals surface area contributed by atoms with E-state index in [2.05, 4.69) is 0 Å². The first kappa shape index (κ1) is 15.4. The maximum absolute atomic E-state index is 9.29. The van der Waals surface area contributed by atoms with Crippen molar-refractivity contribution in [2.24, 2.45) is 0 Å². The van der Waals surface area contributed by atoms with Gasteiger partial charge in [-0.2, -0.15) is 0 Å². The maximum atomic E-state index is 9.29. The Hall–Kier alpha value is -2.50. The van der Waals surface area contributed by atoms with Crippen LogP contribution in [0.15, 0.2) is 46.9 Å². The number of hydrogen-bond acceptors (Lipinski definition) is 5. The fourth-order valence-electron chi connectivity index (χ4n) is 2.39. The van der Waals surface area contributed by atoms with Crippen molar-refractivity contribution in [2.75, 3.05) is 7.11 Å². The lowest BCUT2D eigenvalue weighted by Crippen LogP contribution is -1.93. The van der Waals surface area contributed by atoms with Crippen LogP contribution in [0, 0.1) is 0 Å². The topological polar surface area (TPSA) is 72.1 Å². The average Bonchev–Trinajstić information content (AvgIpc) is 3.02. The van der Waals surface area contributed by atoms with Crippen LogP contribution in [0.25, 0.3) is 11.0 Å². The fourth-order valence-corrected chi connectivity index (χ4v) is 2.39. The van der Waals surface area contributed by atoms with Crippen molar-refractivity contribution in [3.05, 3.63) is 59.4 Å². The third-order valence-electron chi connectivity index (χ3n) is 3.58. The number of furan rings is 1. The summed E-state index contributed by atoms with van der Waals surface area (Å²) in [5.41, 5.74) is 2.24. The summed E-state index contributed by atoms with van der Waals surface area (Å²) in [4.78, 5) is 0. The Balaban J connectivity index is 1.79. The quantitative estimate of drug-likeness (QED) is 0.732. The van der Waals surface area contributed by atoms with Crippen molar-refractivity contribution in [3.63, 3.8) is 0 Å². The molecule has 23 heavy (non-hydrogen) atoms. The first-order valence-corrected chi connectivity index (χ1v) is 7.26. The molecule has 2 aromatic carbocycles. The number of hydrogen-bond donors (Lipinski definition) is 2. The number of rotatable bonds is 6. The predicted molar refractivity (Wildman–Crippen MR) is 85.4 cm³/mol. The molecule has 0 aliphatic rings. The van der Waals surface area contributed by atoms with Crippen LogP contribution in [0.2, 0.25) is 0 Å². The fraction of sp³-hybridized carbons (Fsp3) is 0.222. The summed E-state index contributed by atoms with van der Waals surface area (Å²) in [5.74, 6) is 1.95. The molecule has 0 aliphatic carbocycles. The van der Waals surface area contributed by atoms with E-state index in [-0.39, 0.29) is 19.8 Å². The van der Waals surface area contributed by atoms with E-state index in [1.807, 2.05) is 24.3 Å². The summed E-state index contributed by atoms with van der Waals surface area (Å²) in [7, 11) is 1.57. The Morgan fingerprint density at radius 3 is 2.35 bits per heavy atom. The van der Waals surface area contributed by atoms with Crippen molar-refractivity contribution in [1.82, 2.24) is 0 Å². The zero-order valence-electron chi connectivity index (χ0n) is 12.8. The summed E-state index contributed by atoms with van der Waals surface area (Å²) < 4.78 is 16.8. The molecule has 0 aliphatic heterocycles. The molecule has 2 N–H and O–H groups in total. The lowest BCUT2D eigenvalue weighted by molar-refractivity contribution is 0.271. The van der Waals surface area contributed by atoms with Gasteiger partial charge in [0.15, 0.2) is 11.3 Å². The van der Waals surface area contributed by atoms with Gasteiger partial charge in [0.05, 0.1) is 20.3 Å². The van der Waals surface area contributed by atoms with Crippen LogP contribution in [0.3, 0.4) is 0 Å². The third-order valence-corrected chi connectivity index (χ3v) is 3.58. The predicted octanol–water partition coefficient (Wildman–Crippen LogP) is 3.01. The van der Waals surface area contributed by atoms with Gasteiger partial charge >= 0.3 is 0 Å². The molecule has 0 amide bonds. The van der Waals surface area contributed by atoms with Crippen LogP contribution in [0.5, 0.6) is 11.5 Å². The van der Waals surface area contributed by atoms with E-state index >= 15 is 0 Å². The van der Waals surface area contributed by atoms with E-state index in [1.54, 1.807) is 25.3 Å². The van der Waals surface area contributed by atoms with Gasteiger partial charge in [0.1, 0.15) is 18.1 Å². The standard InChI is InChI=1S/C18H18O5/c1-21-17-7-13(10-20)6-14-8-16(23-18(14)17)11-22-15-4-2-12(9-19)3-5-15/h2-8,19-20H,9-11H2,1H3. The second-order valence-electron chi connectivity index (χ2n) is 5.18. The molecule has 0 saturated heterocycles. The van der Waals surface area contributed by atoms with Crippen LogP contribution in [0.1, 0.15) is 16.9 Å². The lowest BCUT2D eigenvalue weighted by atomic mass is 10.1. The van der Waals surface area contributed by atoms with E-state index < -0.39 is 0 Å². The van der Waals surface area contributed by atoms with E-state index in [9.17, 15) is 5.11 Å². The zero-order chi connectivity index (χ0) is 16.2. The van der Waals surface area contributed by atoms with Gasteiger partial charge in [0, 0.05) is 5.39 Å². The van der Waals surface area contributed by atoms with Gasteiger partial charge in [0.2, 0.25) is 0 Å².